The number of hydrogen-bond donors (Lipinski definition) is 20. The fraction of sp³-hybridized carbons (Fsp3) is 1.00. The van der Waals surface area contributed by atoms with E-state index in [0.29, 0.717) is 21.8 Å². The van der Waals surface area contributed by atoms with Crippen LogP contribution in [0.15, 0.2) is 0 Å². The van der Waals surface area contributed by atoms with Crippen LogP contribution in [0.2, 0.25) is 0 Å². The van der Waals surface area contributed by atoms with Gasteiger partial charge in [0.1, 0.15) is 0 Å². The van der Waals surface area contributed by atoms with Gasteiger partial charge < -0.3 is 121 Å². The molecule has 24 fully saturated rings. The van der Waals surface area contributed by atoms with Gasteiger partial charge in [0.2, 0.25) is 0 Å². The first-order valence-electron chi connectivity index (χ1n) is 50.6. The van der Waals surface area contributed by atoms with Gasteiger partial charge in [-0.1, -0.05) is 32.1 Å². The predicted octanol–water partition coefficient (Wildman–Crippen LogP) is 6.46. The van der Waals surface area contributed by atoms with Crippen LogP contribution in [-0.4, -0.2) is 297 Å². The molecule has 117 heavy (non-hydrogen) atoms. The molecule has 23 heteroatoms. The molecule has 0 bridgehead atoms. The Morgan fingerprint density at radius 3 is 0.632 bits per heavy atom. The first-order valence-corrected chi connectivity index (χ1v) is 50.6. The number of hydrogen-bond acceptors (Lipinski definition) is 23. The minimum atomic E-state index is 0.135. The highest BCUT2D eigenvalue weighted by Gasteiger charge is 2.45. The van der Waals surface area contributed by atoms with E-state index in [2.05, 4.69) is 106 Å². The van der Waals surface area contributed by atoms with Crippen LogP contribution in [0.25, 0.3) is 0 Å². The predicted molar refractivity (Wildman–Crippen MR) is 485 cm³/mol. The van der Waals surface area contributed by atoms with Gasteiger partial charge >= 0.3 is 0 Å². The molecule has 0 aromatic rings. The summed E-state index contributed by atoms with van der Waals surface area (Å²) in [5, 5.41) is 68.4. The van der Waals surface area contributed by atoms with Crippen molar-refractivity contribution in [3.05, 3.63) is 0 Å². The number of ether oxygens (including phenoxy) is 3. The largest absolute Gasteiger partial charge is 0.372 e. The van der Waals surface area contributed by atoms with Gasteiger partial charge in [0.15, 0.2) is 0 Å². The average Bonchev–Trinajstić information content (AvgIpc) is 1.20. The maximum absolute atomic E-state index is 5.80. The summed E-state index contributed by atoms with van der Waals surface area (Å²) in [5.74, 6) is 0. The van der Waals surface area contributed by atoms with Crippen molar-refractivity contribution in [2.75, 3.05) is 275 Å². The first kappa shape index (κ1) is 93.7. The second-order valence-electron chi connectivity index (χ2n) is 42.6. The Labute approximate surface area is 714 Å². The monoisotopic (exact) mass is 1640 g/mol. The Balaban J connectivity index is 0.000000111. The second-order valence-corrected chi connectivity index (χ2v) is 42.6. The SMILES string of the molecule is C1CC2(CCN1)CCNC2.C1CC2(CCN1)CCNCC2.C1CC2(CCN1)CNC2.C1CC2(CCN1)CNCCO2.C1CC2(CCNC2)CN1.C1CCC2(C1)CCCNC2.C1CCC2(CC2)NC1.C1CNCC2(C1)CCC2.C1CNCC2(C1)CCC2.C1CNCC2(C1)CCNC2.C1CNCC2(C1)CNCCO2.C1COC2(CCNC2)CN1. The van der Waals surface area contributed by atoms with E-state index in [1.54, 1.807) is 0 Å². The van der Waals surface area contributed by atoms with Crippen molar-refractivity contribution in [3.8, 4) is 0 Å². The van der Waals surface area contributed by atoms with Crippen LogP contribution in [-0.2, 0) is 14.2 Å². The van der Waals surface area contributed by atoms with Gasteiger partial charge in [-0.05, 0) is 405 Å². The quantitative estimate of drug-likeness (QED) is 0.124. The molecular formula is C94H184N20O3. The lowest BCUT2D eigenvalue weighted by Crippen LogP contribution is -2.57. The zero-order valence-corrected chi connectivity index (χ0v) is 75.2. The number of nitrogens with one attached hydrogen (secondary N) is 20. The minimum Gasteiger partial charge on any atom is -0.372 e. The van der Waals surface area contributed by atoms with Crippen LogP contribution < -0.4 is 106 Å². The molecule has 24 aliphatic rings. The van der Waals surface area contributed by atoms with Crippen molar-refractivity contribution in [1.29, 1.82) is 0 Å². The smallest absolute Gasteiger partial charge is 0.0942 e. The van der Waals surface area contributed by atoms with E-state index in [1.807, 2.05) is 0 Å². The van der Waals surface area contributed by atoms with E-state index in [1.165, 1.54) is 434 Å². The van der Waals surface area contributed by atoms with E-state index in [0.717, 1.165) is 125 Å². The third-order valence-corrected chi connectivity index (χ3v) is 33.7. The molecule has 0 aromatic heterocycles. The third-order valence-electron chi connectivity index (χ3n) is 33.7. The molecule has 3 unspecified atom stereocenters. The van der Waals surface area contributed by atoms with Crippen molar-refractivity contribution in [2.24, 2.45) is 43.3 Å². The normalized spacial score (nSPS) is 33.8. The summed E-state index contributed by atoms with van der Waals surface area (Å²) in [6.45, 7) is 49.3. The van der Waals surface area contributed by atoms with E-state index in [4.69, 9.17) is 14.2 Å². The third kappa shape index (κ3) is 29.8. The average molecular weight is 1640 g/mol. The Morgan fingerprint density at radius 2 is 0.368 bits per heavy atom. The molecule has 0 aromatic carbocycles. The van der Waals surface area contributed by atoms with E-state index < -0.39 is 0 Å². The summed E-state index contributed by atoms with van der Waals surface area (Å²) in [6, 6.07) is 0. The summed E-state index contributed by atoms with van der Waals surface area (Å²) in [7, 11) is 0. The molecular weight excluding hydrogens is 1460 g/mol. The van der Waals surface area contributed by atoms with Gasteiger partial charge in [-0.15, -0.1) is 0 Å². The molecule has 24 rings (SSSR count). The van der Waals surface area contributed by atoms with Crippen molar-refractivity contribution in [1.82, 2.24) is 106 Å². The molecule has 0 amide bonds. The minimum absolute atomic E-state index is 0.135. The molecule has 20 saturated heterocycles. The Hall–Kier alpha value is -0.920. The molecule has 20 N–H and O–H groups in total. The summed E-state index contributed by atoms with van der Waals surface area (Å²) < 4.78 is 17.3. The molecule has 20 heterocycles. The van der Waals surface area contributed by atoms with Crippen LogP contribution in [0.3, 0.4) is 0 Å². The number of piperidine rings is 11. The summed E-state index contributed by atoms with van der Waals surface area (Å²) in [5.41, 5.74) is 6.97. The van der Waals surface area contributed by atoms with Gasteiger partial charge in [-0.2, -0.15) is 0 Å². The first-order chi connectivity index (χ1) is 57.5. The van der Waals surface area contributed by atoms with E-state index in [-0.39, 0.29) is 16.8 Å². The number of morpholine rings is 3. The summed E-state index contributed by atoms with van der Waals surface area (Å²) in [6.07, 6.45) is 56.5. The molecule has 23 nitrogen and oxygen atoms in total. The zero-order chi connectivity index (χ0) is 80.2. The van der Waals surface area contributed by atoms with Crippen LogP contribution in [0, 0.1) is 43.3 Å². The fourth-order valence-corrected chi connectivity index (χ4v) is 24.5. The van der Waals surface area contributed by atoms with E-state index in [9.17, 15) is 0 Å². The Kier molecular flexibility index (Phi) is 38.7. The highest BCUT2D eigenvalue weighted by atomic mass is 16.5. The lowest BCUT2D eigenvalue weighted by molar-refractivity contribution is -0.0832. The van der Waals surface area contributed by atoms with Gasteiger partial charge in [0, 0.05) is 123 Å². The number of rotatable bonds is 0. The Morgan fingerprint density at radius 1 is 0.128 bits per heavy atom. The maximum Gasteiger partial charge on any atom is 0.0942 e. The Bertz CT molecular complexity index is 2230. The van der Waals surface area contributed by atoms with Crippen molar-refractivity contribution in [3.63, 3.8) is 0 Å². The van der Waals surface area contributed by atoms with Crippen molar-refractivity contribution >= 4 is 0 Å². The zero-order valence-electron chi connectivity index (χ0n) is 75.2. The van der Waals surface area contributed by atoms with Crippen molar-refractivity contribution in [2.45, 2.75) is 279 Å². The molecule has 0 radical (unpaired) electrons. The van der Waals surface area contributed by atoms with Gasteiger partial charge in [-0.3, -0.25) is 0 Å². The van der Waals surface area contributed by atoms with Crippen LogP contribution >= 0.6 is 0 Å². The maximum atomic E-state index is 5.80. The second kappa shape index (κ2) is 48.3. The lowest BCUT2D eigenvalue weighted by atomic mass is 9.65. The van der Waals surface area contributed by atoms with Gasteiger partial charge in [0.25, 0.3) is 0 Å². The molecule has 4 aliphatic carbocycles. The van der Waals surface area contributed by atoms with Crippen molar-refractivity contribution < 1.29 is 14.2 Å². The standard InChI is InChI=1S/C9H18N2.C9H17N.2C8H16N2O.2C8H16N2.2C8H15N.C7H14N2O.2C7H14N2.C7H13N/c1-5-10-6-2-9(1)3-7-11-8-4-9;1-2-5-9(4-1)6-3-7-10-8-9;1-3-9-4-2-8(1)7-10-5-6-11-8;1-2-8(6-9-3-1)7-10-4-5-11-8;1-4-9-5-2-8(1)3-6-10-7-8;1-2-8(6-9-4-1)3-5-10-7-8;2*1-3-8(4-1)5-2-6-9-7-8;1-2-8-5-7(1)6-9-3-4-10-7;1-3-8-5-7(1)2-4-9-6-7;1-3-8-4-2-7(1)5-9-6-7;1-2-6-8-7(3-1)4-5-7/h10-11H,1-8H2;10H,1-8H2;2*9-10H,1-7H2;2*9-10H,1-7H2;2*9H,1-7H2;8-9H,1-6H2;2*8-9H,1-6H2;8H,1-6H2. The van der Waals surface area contributed by atoms with Gasteiger partial charge in [-0.25, -0.2) is 0 Å². The van der Waals surface area contributed by atoms with E-state index >= 15 is 0 Å². The highest BCUT2D eigenvalue weighted by Crippen LogP contribution is 2.48. The fourth-order valence-electron chi connectivity index (χ4n) is 24.5. The molecule has 3 atom stereocenters. The lowest BCUT2D eigenvalue weighted by Gasteiger charge is -2.45. The topological polar surface area (TPSA) is 268 Å². The highest BCUT2D eigenvalue weighted by molar-refractivity contribution is 5.04. The van der Waals surface area contributed by atoms with Crippen LogP contribution in [0.4, 0.5) is 0 Å². The molecule has 4 saturated carbocycles. The summed E-state index contributed by atoms with van der Waals surface area (Å²) in [4.78, 5) is 0. The van der Waals surface area contributed by atoms with Gasteiger partial charge in [0.05, 0.1) is 36.6 Å². The van der Waals surface area contributed by atoms with Crippen LogP contribution in [0.1, 0.15) is 257 Å². The molecule has 678 valence electrons. The molecule has 12 spiro atoms. The van der Waals surface area contributed by atoms with Crippen LogP contribution in [0.5, 0.6) is 0 Å². The summed E-state index contributed by atoms with van der Waals surface area (Å²) >= 11 is 0. The molecule has 20 aliphatic heterocycles.